The summed E-state index contributed by atoms with van der Waals surface area (Å²) < 4.78 is 0. The summed E-state index contributed by atoms with van der Waals surface area (Å²) in [5.41, 5.74) is 0. The Morgan fingerprint density at radius 2 is 1.21 bits per heavy atom. The number of aldehydes is 3. The van der Waals surface area contributed by atoms with Crippen molar-refractivity contribution in [1.82, 2.24) is 24.9 Å². The van der Waals surface area contributed by atoms with Gasteiger partial charge < -0.3 is 34.8 Å². The van der Waals surface area contributed by atoms with Crippen LogP contribution in [0.4, 0.5) is 0 Å². The van der Waals surface area contributed by atoms with Crippen LogP contribution in [-0.4, -0.2) is 153 Å². The monoisotopic (exact) mass is 561 g/mol. The Balaban J connectivity index is -0.00000169. The molecule has 1 fully saturated rings. The quantitative estimate of drug-likeness (QED) is 0.209. The summed E-state index contributed by atoms with van der Waals surface area (Å²) in [7, 11) is 1.00. The highest BCUT2D eigenvalue weighted by Gasteiger charge is 2.18. The van der Waals surface area contributed by atoms with Crippen LogP contribution in [0.1, 0.15) is 53.4 Å². The van der Waals surface area contributed by atoms with Gasteiger partial charge in [-0.15, -0.1) is 0 Å². The van der Waals surface area contributed by atoms with Gasteiger partial charge in [0, 0.05) is 72.4 Å². The van der Waals surface area contributed by atoms with Crippen molar-refractivity contribution in [3.05, 3.63) is 0 Å². The number of carbonyl (C=O) groups is 5. The molecule has 0 radical (unpaired) electrons. The second kappa shape index (κ2) is 32.0. The van der Waals surface area contributed by atoms with Crippen LogP contribution in [-0.2, 0) is 24.0 Å². The number of carboxylic acid groups (broad SMARTS) is 1. The first kappa shape index (κ1) is 41.2. The number of hydrogen-bond acceptors (Lipinski definition) is 10. The molecule has 1 aliphatic rings. The Hall–Kier alpha value is -2.25. The maximum atomic E-state index is 12.4. The average Bonchev–Trinajstić information content (AvgIpc) is 2.93. The maximum absolute atomic E-state index is 12.4. The maximum Gasteiger partial charge on any atom is 0.317 e. The van der Waals surface area contributed by atoms with E-state index in [1.54, 1.807) is 0 Å². The summed E-state index contributed by atoms with van der Waals surface area (Å²) in [6.07, 6.45) is 5.72. The van der Waals surface area contributed by atoms with Crippen molar-refractivity contribution in [2.45, 2.75) is 53.4 Å². The summed E-state index contributed by atoms with van der Waals surface area (Å²) in [6, 6.07) is 0. The van der Waals surface area contributed by atoms with Gasteiger partial charge in [0.2, 0.25) is 5.91 Å². The molecule has 1 aliphatic heterocycles. The van der Waals surface area contributed by atoms with Gasteiger partial charge in [0.25, 0.3) is 0 Å². The lowest BCUT2D eigenvalue weighted by molar-refractivity contribution is -0.138. The fourth-order valence-corrected chi connectivity index (χ4v) is 3.71. The molecule has 0 aromatic rings. The number of rotatable bonds is 13. The second-order valence-corrected chi connectivity index (χ2v) is 8.45. The summed E-state index contributed by atoms with van der Waals surface area (Å²) >= 11 is 0. The molecule has 0 aliphatic carbocycles. The zero-order valence-corrected chi connectivity index (χ0v) is 25.0. The number of likely N-dealkylation sites (N-methyl/N-ethyl adjacent to an activating group) is 1. The minimum atomic E-state index is -0.851. The van der Waals surface area contributed by atoms with Crippen molar-refractivity contribution in [2.75, 3.05) is 92.2 Å². The van der Waals surface area contributed by atoms with E-state index < -0.39 is 5.97 Å². The predicted molar refractivity (Wildman–Crippen MR) is 154 cm³/mol. The Kier molecular flexibility index (Phi) is 33.8. The number of amides is 1. The Morgan fingerprint density at radius 3 is 1.64 bits per heavy atom. The summed E-state index contributed by atoms with van der Waals surface area (Å²) in [4.78, 5) is 62.3. The second-order valence-electron chi connectivity index (χ2n) is 8.45. The molecule has 0 unspecified atom stereocenters. The number of carboxylic acids is 1. The highest BCUT2D eigenvalue weighted by Crippen LogP contribution is 2.01. The molecule has 0 spiro atoms. The highest BCUT2D eigenvalue weighted by atomic mass is 16.4. The third-order valence-electron chi connectivity index (χ3n) is 5.76. The lowest BCUT2D eigenvalue weighted by Crippen LogP contribution is -2.48. The smallest absolute Gasteiger partial charge is 0.317 e. The van der Waals surface area contributed by atoms with Gasteiger partial charge in [0.1, 0.15) is 18.9 Å². The van der Waals surface area contributed by atoms with Gasteiger partial charge in [0.15, 0.2) is 0 Å². The number of nitrogens with zero attached hydrogens (tertiary/aromatic N) is 4. The Bertz CT molecular complexity index is 611. The molecule has 230 valence electrons. The largest absolute Gasteiger partial charge is 0.480 e. The van der Waals surface area contributed by atoms with Crippen molar-refractivity contribution in [2.24, 2.45) is 0 Å². The van der Waals surface area contributed by atoms with Gasteiger partial charge in [0.05, 0.1) is 19.6 Å². The van der Waals surface area contributed by atoms with Crippen molar-refractivity contribution >= 4 is 30.7 Å². The number of aliphatic hydroxyl groups excluding tert-OH is 1. The third kappa shape index (κ3) is 27.1. The molecule has 1 heterocycles. The molecule has 1 amide bonds. The number of hydrogen-bond donors (Lipinski definition) is 3. The summed E-state index contributed by atoms with van der Waals surface area (Å²) in [6.45, 7) is 15.0. The standard InChI is InChI=1S/C22H41N5O5.C2H4O.C2H6.CH4O/c1-2-24-8-10-25(16-18-29)11-13-26(14-15-27(12-9-24)20-22(31)32)19-21(30)23-7-5-3-4-6-17-28;1-2-3;2*1-2/h17-18H,2-16,19-20H2,1H3,(H,23,30)(H,31,32);2H,1H3;1-2H3;2H,1H3. The topological polar surface area (TPSA) is 151 Å². The van der Waals surface area contributed by atoms with Gasteiger partial charge in [-0.1, -0.05) is 27.2 Å². The third-order valence-corrected chi connectivity index (χ3v) is 5.76. The number of carbonyl (C=O) groups excluding carboxylic acids is 4. The molecule has 0 aromatic carbocycles. The molecular formula is C27H55N5O7. The van der Waals surface area contributed by atoms with Crippen LogP contribution in [0, 0.1) is 0 Å². The lowest BCUT2D eigenvalue weighted by Gasteiger charge is -2.32. The fourth-order valence-electron chi connectivity index (χ4n) is 3.71. The first-order chi connectivity index (χ1) is 18.9. The normalized spacial score (nSPS) is 15.7. The number of aliphatic hydroxyl groups is 1. The summed E-state index contributed by atoms with van der Waals surface area (Å²) in [5, 5.41) is 19.2. The van der Waals surface area contributed by atoms with Crippen molar-refractivity contribution in [3.8, 4) is 0 Å². The fraction of sp³-hybridized carbons (Fsp3) is 0.815. The van der Waals surface area contributed by atoms with Gasteiger partial charge in [-0.3, -0.25) is 24.3 Å². The van der Waals surface area contributed by atoms with E-state index in [0.29, 0.717) is 52.2 Å². The zero-order chi connectivity index (χ0) is 30.3. The van der Waals surface area contributed by atoms with E-state index in [4.69, 9.17) is 9.90 Å². The number of aliphatic carboxylic acids is 1. The predicted octanol–water partition coefficient (Wildman–Crippen LogP) is 0.227. The van der Waals surface area contributed by atoms with Crippen LogP contribution >= 0.6 is 0 Å². The molecule has 1 rings (SSSR count). The van der Waals surface area contributed by atoms with E-state index in [-0.39, 0.29) is 19.0 Å². The molecular weight excluding hydrogens is 506 g/mol. The Labute approximate surface area is 235 Å². The van der Waals surface area contributed by atoms with E-state index >= 15 is 0 Å². The number of nitrogens with one attached hydrogen (secondary N) is 1. The SMILES string of the molecule is CC.CC=O.CCN1CCN(CC=O)CCN(CC(=O)NCCCCCC=O)CCN(CC(=O)O)CC1.CO. The lowest BCUT2D eigenvalue weighted by atomic mass is 10.2. The average molecular weight is 562 g/mol. The molecule has 12 nitrogen and oxygen atoms in total. The highest BCUT2D eigenvalue weighted by molar-refractivity contribution is 5.78. The molecule has 3 N–H and O–H groups in total. The van der Waals surface area contributed by atoms with E-state index in [9.17, 15) is 24.3 Å². The summed E-state index contributed by atoms with van der Waals surface area (Å²) in [5.74, 6) is -0.910. The van der Waals surface area contributed by atoms with Crippen LogP contribution in [0.3, 0.4) is 0 Å². The van der Waals surface area contributed by atoms with Crippen molar-refractivity contribution in [3.63, 3.8) is 0 Å². The van der Waals surface area contributed by atoms with Gasteiger partial charge in [-0.05, 0) is 26.3 Å². The molecule has 0 bridgehead atoms. The van der Waals surface area contributed by atoms with E-state index in [0.717, 1.165) is 71.4 Å². The van der Waals surface area contributed by atoms with Gasteiger partial charge in [-0.2, -0.15) is 0 Å². The van der Waals surface area contributed by atoms with Crippen LogP contribution in [0.25, 0.3) is 0 Å². The van der Waals surface area contributed by atoms with Crippen LogP contribution < -0.4 is 5.32 Å². The van der Waals surface area contributed by atoms with Crippen LogP contribution in [0.15, 0.2) is 0 Å². The first-order valence-corrected chi connectivity index (χ1v) is 14.0. The molecule has 12 heteroatoms. The number of unbranched alkanes of at least 4 members (excludes halogenated alkanes) is 3. The van der Waals surface area contributed by atoms with E-state index in [1.165, 1.54) is 6.92 Å². The van der Waals surface area contributed by atoms with Crippen LogP contribution in [0.5, 0.6) is 0 Å². The molecule has 1 saturated heterocycles. The molecule has 0 atom stereocenters. The molecule has 0 saturated carbocycles. The minimum absolute atomic E-state index is 0.0182. The van der Waals surface area contributed by atoms with Gasteiger partial charge >= 0.3 is 5.97 Å². The van der Waals surface area contributed by atoms with Crippen LogP contribution in [0.2, 0.25) is 0 Å². The molecule has 0 aromatic heterocycles. The van der Waals surface area contributed by atoms with E-state index in [2.05, 4.69) is 22.0 Å². The van der Waals surface area contributed by atoms with E-state index in [1.807, 2.05) is 23.6 Å². The van der Waals surface area contributed by atoms with Crippen molar-refractivity contribution < 1.29 is 34.2 Å². The van der Waals surface area contributed by atoms with Crippen molar-refractivity contribution in [1.29, 1.82) is 0 Å². The molecule has 39 heavy (non-hydrogen) atoms. The zero-order valence-electron chi connectivity index (χ0n) is 25.0. The van der Waals surface area contributed by atoms with Gasteiger partial charge in [-0.25, -0.2) is 0 Å². The minimum Gasteiger partial charge on any atom is -0.480 e. The first-order valence-electron chi connectivity index (χ1n) is 14.0. The Morgan fingerprint density at radius 1 is 0.744 bits per heavy atom.